The number of nitrogens with two attached hydrogens (primary N) is 1. The van der Waals surface area contributed by atoms with Gasteiger partial charge in [0.25, 0.3) is 0 Å². The molecule has 0 aromatic rings. The van der Waals surface area contributed by atoms with Gasteiger partial charge in [0.2, 0.25) is 5.91 Å². The van der Waals surface area contributed by atoms with E-state index in [1.54, 1.807) is 0 Å². The van der Waals surface area contributed by atoms with Crippen molar-refractivity contribution in [2.45, 2.75) is 11.4 Å². The van der Waals surface area contributed by atoms with E-state index in [0.29, 0.717) is 11.3 Å². The van der Waals surface area contributed by atoms with Crippen LogP contribution >= 0.6 is 23.5 Å². The third-order valence-electron chi connectivity index (χ3n) is 2.79. The van der Waals surface area contributed by atoms with Crippen LogP contribution in [0.2, 0.25) is 0 Å². The first-order chi connectivity index (χ1) is 8.93. The molecule has 0 aromatic carbocycles. The van der Waals surface area contributed by atoms with E-state index < -0.39 is 23.9 Å². The maximum absolute atomic E-state index is 11.6. The van der Waals surface area contributed by atoms with Crippen LogP contribution in [0.1, 0.15) is 0 Å². The molecule has 2 heterocycles. The van der Waals surface area contributed by atoms with E-state index in [1.165, 1.54) is 16.7 Å². The Balaban J connectivity index is 2.16. The summed E-state index contributed by atoms with van der Waals surface area (Å²) in [6, 6.07) is -0.646. The van der Waals surface area contributed by atoms with Gasteiger partial charge in [-0.1, -0.05) is 0 Å². The zero-order chi connectivity index (χ0) is 14.2. The van der Waals surface area contributed by atoms with Crippen molar-refractivity contribution < 1.29 is 24.6 Å². The van der Waals surface area contributed by atoms with E-state index in [4.69, 9.17) is 10.8 Å². The highest BCUT2D eigenvalue weighted by Gasteiger charge is 2.51. The van der Waals surface area contributed by atoms with E-state index >= 15 is 0 Å². The van der Waals surface area contributed by atoms with E-state index in [2.05, 4.69) is 0 Å². The van der Waals surface area contributed by atoms with Gasteiger partial charge in [-0.05, 0) is 5.57 Å². The van der Waals surface area contributed by atoms with Gasteiger partial charge in [-0.2, -0.15) is 0 Å². The molecule has 1 saturated heterocycles. The Hall–Kier alpha value is -1.19. The van der Waals surface area contributed by atoms with Gasteiger partial charge in [-0.3, -0.25) is 14.5 Å². The van der Waals surface area contributed by atoms with Crippen molar-refractivity contribution in [2.24, 2.45) is 5.73 Å². The molecule has 7 nitrogen and oxygen atoms in total. The van der Waals surface area contributed by atoms with Gasteiger partial charge in [-0.15, -0.1) is 23.5 Å². The molecule has 19 heavy (non-hydrogen) atoms. The lowest BCUT2D eigenvalue weighted by Gasteiger charge is -2.48. The highest BCUT2D eigenvalue weighted by Crippen LogP contribution is 2.40. The third kappa shape index (κ3) is 2.58. The molecular weight excluding hydrogens is 292 g/mol. The van der Waals surface area contributed by atoms with Crippen LogP contribution in [0, 0.1) is 0 Å². The van der Waals surface area contributed by atoms with Gasteiger partial charge in [0, 0.05) is 11.5 Å². The normalized spacial score (nSPS) is 25.9. The minimum absolute atomic E-state index is 0.0339. The minimum Gasteiger partial charge on any atom is -0.481 e. The largest absolute Gasteiger partial charge is 0.481 e. The van der Waals surface area contributed by atoms with Crippen LogP contribution in [0.5, 0.6) is 0 Å². The molecule has 0 bridgehead atoms. The number of nitrogens with zero attached hydrogens (tertiary/aromatic N) is 1. The highest BCUT2D eigenvalue weighted by molar-refractivity contribution is 8.01. The molecule has 104 valence electrons. The predicted molar refractivity (Wildman–Crippen MR) is 70.7 cm³/mol. The highest BCUT2D eigenvalue weighted by atomic mass is 32.2. The molecule has 0 spiro atoms. The SMILES string of the molecule is N[C@@H]1C(=O)N2C(C(=O)O)=C(CSCC(=O)O)CS[C@@H]12. The van der Waals surface area contributed by atoms with Crippen molar-refractivity contribution in [1.29, 1.82) is 0 Å². The van der Waals surface area contributed by atoms with Crippen LogP contribution in [0.25, 0.3) is 0 Å². The molecule has 0 radical (unpaired) electrons. The monoisotopic (exact) mass is 304 g/mol. The summed E-state index contributed by atoms with van der Waals surface area (Å²) in [7, 11) is 0. The molecule has 2 aliphatic rings. The number of amides is 1. The Morgan fingerprint density at radius 2 is 2.16 bits per heavy atom. The molecule has 2 aliphatic heterocycles. The number of β-lactam (4-membered cyclic amide) rings is 1. The molecule has 1 amide bonds. The zero-order valence-corrected chi connectivity index (χ0v) is 11.4. The Labute approximate surface area is 117 Å². The number of carboxylic acid groups (broad SMARTS) is 2. The van der Waals surface area contributed by atoms with Crippen LogP contribution in [0.4, 0.5) is 0 Å². The Bertz CT molecular complexity index is 479. The lowest BCUT2D eigenvalue weighted by Crippen LogP contribution is -2.68. The molecule has 1 fully saturated rings. The maximum Gasteiger partial charge on any atom is 0.352 e. The lowest BCUT2D eigenvalue weighted by atomic mass is 10.0. The molecule has 0 aromatic heterocycles. The standard InChI is InChI=1S/C10H12N2O5S2/c11-6-8(15)12-7(10(16)17)4(2-19-9(6)12)1-18-3-5(13)14/h6,9H,1-3,11H2,(H,13,14)(H,16,17)/t6-,9+/m1/s1. The average Bonchev–Trinajstić information content (AvgIpc) is 2.36. The molecule has 4 N–H and O–H groups in total. The summed E-state index contributed by atoms with van der Waals surface area (Å²) in [5, 5.41) is 17.5. The van der Waals surface area contributed by atoms with Crippen molar-refractivity contribution in [3.8, 4) is 0 Å². The van der Waals surface area contributed by atoms with Crippen molar-refractivity contribution in [2.75, 3.05) is 17.3 Å². The Morgan fingerprint density at radius 3 is 2.74 bits per heavy atom. The summed E-state index contributed by atoms with van der Waals surface area (Å²) in [4.78, 5) is 34.5. The fraction of sp³-hybridized carbons (Fsp3) is 0.500. The average molecular weight is 304 g/mol. The quantitative estimate of drug-likeness (QED) is 0.575. The number of rotatable bonds is 5. The predicted octanol–water partition coefficient (Wildman–Crippen LogP) is -0.615. The molecule has 2 atom stereocenters. The minimum atomic E-state index is -1.17. The van der Waals surface area contributed by atoms with Gasteiger partial charge in [-0.25, -0.2) is 4.79 Å². The van der Waals surface area contributed by atoms with Gasteiger partial charge in [0.05, 0.1) is 5.75 Å². The molecular formula is C10H12N2O5S2. The number of thioether (sulfide) groups is 2. The van der Waals surface area contributed by atoms with Crippen LogP contribution in [0.3, 0.4) is 0 Å². The van der Waals surface area contributed by atoms with Crippen LogP contribution < -0.4 is 5.73 Å². The number of aliphatic carboxylic acids is 2. The van der Waals surface area contributed by atoms with Gasteiger partial charge in [0.15, 0.2) is 0 Å². The number of carboxylic acids is 2. The molecule has 2 rings (SSSR count). The summed E-state index contributed by atoms with van der Waals surface area (Å²) in [6.45, 7) is 0. The summed E-state index contributed by atoms with van der Waals surface area (Å²) in [6.07, 6.45) is 0. The molecule has 9 heteroatoms. The second-order valence-corrected chi connectivity index (χ2v) is 6.17. The zero-order valence-electron chi connectivity index (χ0n) is 9.74. The Kier molecular flexibility index (Phi) is 4.07. The van der Waals surface area contributed by atoms with E-state index in [-0.39, 0.29) is 22.6 Å². The summed E-state index contributed by atoms with van der Waals surface area (Å²) >= 11 is 2.53. The van der Waals surface area contributed by atoms with Crippen molar-refractivity contribution in [1.82, 2.24) is 4.90 Å². The van der Waals surface area contributed by atoms with Crippen molar-refractivity contribution >= 4 is 41.4 Å². The first kappa shape index (κ1) is 14.2. The van der Waals surface area contributed by atoms with Crippen LogP contribution in [-0.2, 0) is 14.4 Å². The fourth-order valence-corrected chi connectivity index (χ4v) is 4.14. The van der Waals surface area contributed by atoms with Crippen molar-refractivity contribution in [3.63, 3.8) is 0 Å². The number of hydrogen-bond acceptors (Lipinski definition) is 6. The first-order valence-corrected chi connectivity index (χ1v) is 7.59. The summed E-state index contributed by atoms with van der Waals surface area (Å²) in [5.41, 5.74) is 6.15. The van der Waals surface area contributed by atoms with Gasteiger partial charge >= 0.3 is 11.9 Å². The summed E-state index contributed by atoms with van der Waals surface area (Å²) < 4.78 is 0. The Morgan fingerprint density at radius 1 is 1.47 bits per heavy atom. The summed E-state index contributed by atoms with van der Waals surface area (Å²) in [5.74, 6) is -1.88. The van der Waals surface area contributed by atoms with Crippen LogP contribution in [-0.4, -0.2) is 61.6 Å². The van der Waals surface area contributed by atoms with E-state index in [9.17, 15) is 19.5 Å². The second kappa shape index (κ2) is 5.43. The molecule has 0 saturated carbocycles. The van der Waals surface area contributed by atoms with E-state index in [1.807, 2.05) is 0 Å². The number of carbonyl (C=O) groups is 3. The number of carbonyl (C=O) groups excluding carboxylic acids is 1. The van der Waals surface area contributed by atoms with Crippen molar-refractivity contribution in [3.05, 3.63) is 11.3 Å². The topological polar surface area (TPSA) is 121 Å². The van der Waals surface area contributed by atoms with Crippen LogP contribution in [0.15, 0.2) is 11.3 Å². The molecule has 0 aliphatic carbocycles. The van der Waals surface area contributed by atoms with E-state index in [0.717, 1.165) is 11.8 Å². The molecule has 0 unspecified atom stereocenters. The maximum atomic E-state index is 11.6. The van der Waals surface area contributed by atoms with Gasteiger partial charge in [0.1, 0.15) is 17.1 Å². The number of fused-ring (bicyclic) bond motifs is 1. The van der Waals surface area contributed by atoms with Gasteiger partial charge < -0.3 is 15.9 Å². The number of hydrogen-bond donors (Lipinski definition) is 3. The smallest absolute Gasteiger partial charge is 0.352 e. The first-order valence-electron chi connectivity index (χ1n) is 5.38. The lowest BCUT2D eigenvalue weighted by molar-refractivity contribution is -0.147. The third-order valence-corrected chi connectivity index (χ3v) is 5.16. The fourth-order valence-electron chi connectivity index (χ4n) is 1.95. The second-order valence-electron chi connectivity index (χ2n) is 4.08.